The molecule has 1 unspecified atom stereocenters. The number of halogens is 1. The Balaban J connectivity index is 2.22. The van der Waals surface area contributed by atoms with Gasteiger partial charge in [0, 0.05) is 30.7 Å². The van der Waals surface area contributed by atoms with Gasteiger partial charge < -0.3 is 24.3 Å². The molecular weight excluding hydrogens is 424 g/mol. The molecule has 0 aromatic heterocycles. The number of nitrogens with one attached hydrogen (secondary N) is 1. The lowest BCUT2D eigenvalue weighted by atomic mass is 9.94. The van der Waals surface area contributed by atoms with Crippen LogP contribution >= 0.6 is 15.9 Å². The number of rotatable bonds is 7. The number of hydrogen-bond acceptors (Lipinski definition) is 6. The van der Waals surface area contributed by atoms with E-state index in [1.807, 2.05) is 30.3 Å². The second kappa shape index (κ2) is 9.49. The van der Waals surface area contributed by atoms with Crippen LogP contribution in [0.15, 0.2) is 34.8 Å². The normalized spacial score (nSPS) is 15.8. The number of ether oxygens (including phenoxy) is 4. The Morgan fingerprint density at radius 3 is 1.93 bits per heavy atom. The fourth-order valence-corrected chi connectivity index (χ4v) is 4.24. The molecule has 1 saturated heterocycles. The largest absolute Gasteiger partial charge is 0.496 e. The van der Waals surface area contributed by atoms with Gasteiger partial charge in [0.15, 0.2) is 11.5 Å². The molecule has 0 aliphatic carbocycles. The first-order valence-electron chi connectivity index (χ1n) is 9.21. The third kappa shape index (κ3) is 4.06. The summed E-state index contributed by atoms with van der Waals surface area (Å²) in [5.41, 5.74) is 2.07. The van der Waals surface area contributed by atoms with E-state index in [2.05, 4.69) is 26.1 Å². The second-order valence-electron chi connectivity index (χ2n) is 6.49. The summed E-state index contributed by atoms with van der Waals surface area (Å²) < 4.78 is 23.4. The van der Waals surface area contributed by atoms with Crippen LogP contribution in [0.4, 0.5) is 0 Å². The molecule has 0 bridgehead atoms. The molecule has 2 aromatic rings. The third-order valence-electron chi connectivity index (χ3n) is 5.05. The number of piperazine rings is 1. The van der Waals surface area contributed by atoms with Crippen molar-refractivity contribution >= 4 is 15.9 Å². The lowest BCUT2D eigenvalue weighted by Crippen LogP contribution is -2.45. The third-order valence-corrected chi connectivity index (χ3v) is 5.74. The minimum Gasteiger partial charge on any atom is -0.496 e. The Morgan fingerprint density at radius 1 is 0.857 bits per heavy atom. The number of benzene rings is 2. The number of nitrogens with zero attached hydrogens (tertiary/aromatic N) is 1. The Labute approximate surface area is 174 Å². The summed E-state index contributed by atoms with van der Waals surface area (Å²) in [6.45, 7) is 3.68. The lowest BCUT2D eigenvalue weighted by molar-refractivity contribution is 0.191. The van der Waals surface area contributed by atoms with Crippen LogP contribution in [0.25, 0.3) is 0 Å². The SMILES string of the molecule is COc1cc(Br)c(C(c2c(OC)cccc2OC)N2CCNCC2)cc1OC. The molecule has 1 heterocycles. The highest BCUT2D eigenvalue weighted by atomic mass is 79.9. The minimum atomic E-state index is -0.0672. The van der Waals surface area contributed by atoms with Crippen LogP contribution in [0.5, 0.6) is 23.0 Å². The highest BCUT2D eigenvalue weighted by molar-refractivity contribution is 9.10. The quantitative estimate of drug-likeness (QED) is 0.696. The molecule has 0 saturated carbocycles. The maximum absolute atomic E-state index is 5.73. The van der Waals surface area contributed by atoms with Crippen molar-refractivity contribution in [2.24, 2.45) is 0 Å². The van der Waals surface area contributed by atoms with Crippen LogP contribution < -0.4 is 24.3 Å². The monoisotopic (exact) mass is 450 g/mol. The van der Waals surface area contributed by atoms with Gasteiger partial charge in [0.25, 0.3) is 0 Å². The Kier molecular flexibility index (Phi) is 7.04. The van der Waals surface area contributed by atoms with Crippen LogP contribution in [0, 0.1) is 0 Å². The summed E-state index contributed by atoms with van der Waals surface area (Å²) in [7, 11) is 6.67. The molecule has 3 rings (SSSR count). The van der Waals surface area contributed by atoms with Crippen molar-refractivity contribution in [2.75, 3.05) is 54.6 Å². The van der Waals surface area contributed by atoms with Crippen molar-refractivity contribution in [3.8, 4) is 23.0 Å². The summed E-state index contributed by atoms with van der Waals surface area (Å²) >= 11 is 3.75. The van der Waals surface area contributed by atoms with Gasteiger partial charge in [0.2, 0.25) is 0 Å². The molecule has 6 nitrogen and oxygen atoms in total. The van der Waals surface area contributed by atoms with Gasteiger partial charge in [-0.15, -0.1) is 0 Å². The van der Waals surface area contributed by atoms with Crippen molar-refractivity contribution < 1.29 is 18.9 Å². The summed E-state index contributed by atoms with van der Waals surface area (Å²) in [4.78, 5) is 2.43. The van der Waals surface area contributed by atoms with Crippen LogP contribution in [0.3, 0.4) is 0 Å². The predicted molar refractivity (Wildman–Crippen MR) is 113 cm³/mol. The average molecular weight is 451 g/mol. The molecule has 1 fully saturated rings. The van der Waals surface area contributed by atoms with Crippen molar-refractivity contribution in [3.05, 3.63) is 45.9 Å². The zero-order chi connectivity index (χ0) is 20.1. The first-order chi connectivity index (χ1) is 13.6. The zero-order valence-corrected chi connectivity index (χ0v) is 18.3. The van der Waals surface area contributed by atoms with E-state index in [-0.39, 0.29) is 6.04 Å². The van der Waals surface area contributed by atoms with Crippen LogP contribution in [0.2, 0.25) is 0 Å². The fourth-order valence-electron chi connectivity index (χ4n) is 3.70. The molecule has 28 heavy (non-hydrogen) atoms. The van der Waals surface area contributed by atoms with E-state index in [0.717, 1.165) is 53.3 Å². The van der Waals surface area contributed by atoms with E-state index in [1.54, 1.807) is 28.4 Å². The Morgan fingerprint density at radius 2 is 1.39 bits per heavy atom. The first-order valence-corrected chi connectivity index (χ1v) is 10.0. The topological polar surface area (TPSA) is 52.2 Å². The van der Waals surface area contributed by atoms with Gasteiger partial charge in [-0.25, -0.2) is 0 Å². The van der Waals surface area contributed by atoms with E-state index < -0.39 is 0 Å². The molecule has 0 spiro atoms. The first kappa shape index (κ1) is 20.8. The highest BCUT2D eigenvalue weighted by Crippen LogP contribution is 2.45. The highest BCUT2D eigenvalue weighted by Gasteiger charge is 2.31. The smallest absolute Gasteiger partial charge is 0.161 e. The number of hydrogen-bond donors (Lipinski definition) is 1. The van der Waals surface area contributed by atoms with E-state index in [0.29, 0.717) is 11.5 Å². The van der Waals surface area contributed by atoms with Gasteiger partial charge in [-0.2, -0.15) is 0 Å². The van der Waals surface area contributed by atoms with Gasteiger partial charge >= 0.3 is 0 Å². The minimum absolute atomic E-state index is 0.0672. The molecular formula is C21H27BrN2O4. The van der Waals surface area contributed by atoms with Crippen molar-refractivity contribution in [1.82, 2.24) is 10.2 Å². The Hall–Kier alpha value is -1.96. The molecule has 0 amide bonds. The molecule has 1 aliphatic heterocycles. The van der Waals surface area contributed by atoms with E-state index in [1.165, 1.54) is 0 Å². The second-order valence-corrected chi connectivity index (χ2v) is 7.35. The van der Waals surface area contributed by atoms with Gasteiger partial charge in [0.1, 0.15) is 11.5 Å². The summed E-state index contributed by atoms with van der Waals surface area (Å²) in [5, 5.41) is 3.42. The standard InChI is InChI=1S/C21H27BrN2O4/c1-25-16-6-5-7-17(26-2)20(16)21(24-10-8-23-9-11-24)14-12-18(27-3)19(28-4)13-15(14)22/h5-7,12-13,21,23H,8-11H2,1-4H3. The molecule has 2 aromatic carbocycles. The molecule has 1 aliphatic rings. The van der Waals surface area contributed by atoms with Crippen molar-refractivity contribution in [1.29, 1.82) is 0 Å². The zero-order valence-electron chi connectivity index (χ0n) is 16.8. The Bertz CT molecular complexity index is 787. The van der Waals surface area contributed by atoms with E-state index in [4.69, 9.17) is 18.9 Å². The van der Waals surface area contributed by atoms with Crippen molar-refractivity contribution in [3.63, 3.8) is 0 Å². The summed E-state index contributed by atoms with van der Waals surface area (Å²) in [5.74, 6) is 2.97. The average Bonchev–Trinajstić information content (AvgIpc) is 2.75. The van der Waals surface area contributed by atoms with Gasteiger partial charge in [0.05, 0.1) is 40.0 Å². The fraction of sp³-hybridized carbons (Fsp3) is 0.429. The van der Waals surface area contributed by atoms with Gasteiger partial charge in [-0.3, -0.25) is 4.90 Å². The van der Waals surface area contributed by atoms with Crippen LogP contribution in [0.1, 0.15) is 17.2 Å². The van der Waals surface area contributed by atoms with Gasteiger partial charge in [-0.1, -0.05) is 22.0 Å². The molecule has 7 heteroatoms. The van der Waals surface area contributed by atoms with Crippen LogP contribution in [-0.2, 0) is 0 Å². The maximum Gasteiger partial charge on any atom is 0.161 e. The van der Waals surface area contributed by atoms with Gasteiger partial charge in [-0.05, 0) is 29.8 Å². The van der Waals surface area contributed by atoms with Crippen LogP contribution in [-0.4, -0.2) is 59.5 Å². The predicted octanol–water partition coefficient (Wildman–Crippen LogP) is 3.48. The molecule has 152 valence electrons. The molecule has 0 radical (unpaired) electrons. The van der Waals surface area contributed by atoms with E-state index in [9.17, 15) is 0 Å². The summed E-state index contributed by atoms with van der Waals surface area (Å²) in [6, 6.07) is 9.80. The lowest BCUT2D eigenvalue weighted by Gasteiger charge is -2.37. The van der Waals surface area contributed by atoms with Crippen molar-refractivity contribution in [2.45, 2.75) is 6.04 Å². The summed E-state index contributed by atoms with van der Waals surface area (Å²) in [6.07, 6.45) is 0. The maximum atomic E-state index is 5.73. The molecule has 1 atom stereocenters. The van der Waals surface area contributed by atoms with E-state index >= 15 is 0 Å². The molecule has 1 N–H and O–H groups in total. The number of methoxy groups -OCH3 is 4.